The standard InChI is InChI=1S/C18H23NS/c1-13-5-8-16(9-6-13)20-12-18(19-4)17-10-7-14(2)11-15(17)3/h5-11,18-19H,12H2,1-4H3. The van der Waals surface area contributed by atoms with Crippen LogP contribution in [-0.2, 0) is 0 Å². The molecule has 106 valence electrons. The Labute approximate surface area is 126 Å². The van der Waals surface area contributed by atoms with Crippen molar-refractivity contribution in [1.82, 2.24) is 5.32 Å². The molecule has 2 aromatic rings. The molecule has 0 aliphatic rings. The van der Waals surface area contributed by atoms with Crippen molar-refractivity contribution in [3.05, 3.63) is 64.7 Å². The molecule has 1 unspecified atom stereocenters. The number of nitrogens with one attached hydrogen (secondary N) is 1. The molecule has 0 aliphatic heterocycles. The molecule has 1 atom stereocenters. The maximum absolute atomic E-state index is 3.44. The molecular formula is C18H23NS. The van der Waals surface area contributed by atoms with Crippen LogP contribution in [0.3, 0.4) is 0 Å². The van der Waals surface area contributed by atoms with Gasteiger partial charge >= 0.3 is 0 Å². The summed E-state index contributed by atoms with van der Waals surface area (Å²) < 4.78 is 0. The molecule has 0 saturated carbocycles. The third kappa shape index (κ3) is 3.87. The van der Waals surface area contributed by atoms with Crippen LogP contribution in [0.4, 0.5) is 0 Å². The van der Waals surface area contributed by atoms with Gasteiger partial charge in [0.2, 0.25) is 0 Å². The van der Waals surface area contributed by atoms with Gasteiger partial charge in [0.1, 0.15) is 0 Å². The fourth-order valence-electron chi connectivity index (χ4n) is 2.36. The van der Waals surface area contributed by atoms with E-state index in [0.717, 1.165) is 5.75 Å². The zero-order valence-corrected chi connectivity index (χ0v) is 13.6. The summed E-state index contributed by atoms with van der Waals surface area (Å²) in [6, 6.07) is 15.9. The van der Waals surface area contributed by atoms with Gasteiger partial charge in [0.15, 0.2) is 0 Å². The van der Waals surface area contributed by atoms with Crippen LogP contribution >= 0.6 is 11.8 Å². The third-order valence-electron chi connectivity index (χ3n) is 3.59. The van der Waals surface area contributed by atoms with E-state index in [1.54, 1.807) is 0 Å². The van der Waals surface area contributed by atoms with Crippen molar-refractivity contribution in [2.45, 2.75) is 31.7 Å². The molecule has 2 heteroatoms. The minimum Gasteiger partial charge on any atom is -0.312 e. The van der Waals surface area contributed by atoms with Gasteiger partial charge < -0.3 is 5.32 Å². The Balaban J connectivity index is 2.07. The predicted octanol–water partition coefficient (Wildman–Crippen LogP) is 4.66. The van der Waals surface area contributed by atoms with Crippen molar-refractivity contribution in [1.29, 1.82) is 0 Å². The van der Waals surface area contributed by atoms with Crippen LogP contribution in [0.15, 0.2) is 47.4 Å². The molecule has 0 aromatic heterocycles. The lowest BCUT2D eigenvalue weighted by atomic mass is 10.0. The topological polar surface area (TPSA) is 12.0 Å². The maximum Gasteiger partial charge on any atom is 0.0415 e. The summed E-state index contributed by atoms with van der Waals surface area (Å²) >= 11 is 1.91. The second kappa shape index (κ2) is 6.96. The van der Waals surface area contributed by atoms with E-state index >= 15 is 0 Å². The normalized spacial score (nSPS) is 12.4. The fraction of sp³-hybridized carbons (Fsp3) is 0.333. The van der Waals surface area contributed by atoms with Crippen LogP contribution in [0.2, 0.25) is 0 Å². The first-order valence-electron chi connectivity index (χ1n) is 7.04. The van der Waals surface area contributed by atoms with Crippen LogP contribution in [0.25, 0.3) is 0 Å². The van der Waals surface area contributed by atoms with Gasteiger partial charge in [-0.3, -0.25) is 0 Å². The second-order valence-corrected chi connectivity index (χ2v) is 6.42. The van der Waals surface area contributed by atoms with Crippen molar-refractivity contribution in [3.8, 4) is 0 Å². The summed E-state index contributed by atoms with van der Waals surface area (Å²) in [7, 11) is 2.04. The summed E-state index contributed by atoms with van der Waals surface area (Å²) in [4.78, 5) is 1.33. The van der Waals surface area contributed by atoms with Gasteiger partial charge in [0.25, 0.3) is 0 Å². The number of rotatable bonds is 5. The van der Waals surface area contributed by atoms with Gasteiger partial charge in [0.05, 0.1) is 0 Å². The monoisotopic (exact) mass is 285 g/mol. The molecule has 0 heterocycles. The molecule has 0 spiro atoms. The molecule has 2 aromatic carbocycles. The Morgan fingerprint density at radius 1 is 0.950 bits per heavy atom. The summed E-state index contributed by atoms with van der Waals surface area (Å²) in [5.74, 6) is 1.05. The third-order valence-corrected chi connectivity index (χ3v) is 4.69. The van der Waals surface area contributed by atoms with Crippen LogP contribution in [0.1, 0.15) is 28.3 Å². The highest BCUT2D eigenvalue weighted by Gasteiger charge is 2.12. The smallest absolute Gasteiger partial charge is 0.0415 e. The van der Waals surface area contributed by atoms with E-state index in [2.05, 4.69) is 68.6 Å². The van der Waals surface area contributed by atoms with E-state index in [1.165, 1.54) is 27.1 Å². The Hall–Kier alpha value is -1.25. The zero-order valence-electron chi connectivity index (χ0n) is 12.7. The quantitative estimate of drug-likeness (QED) is 0.802. The van der Waals surface area contributed by atoms with Crippen LogP contribution < -0.4 is 5.32 Å². The number of thioether (sulfide) groups is 1. The first-order chi connectivity index (χ1) is 9.60. The first-order valence-corrected chi connectivity index (χ1v) is 8.02. The van der Waals surface area contributed by atoms with E-state index in [-0.39, 0.29) is 0 Å². The van der Waals surface area contributed by atoms with Crippen molar-refractivity contribution in [3.63, 3.8) is 0 Å². The van der Waals surface area contributed by atoms with Gasteiger partial charge in [-0.05, 0) is 51.1 Å². The average molecular weight is 285 g/mol. The van der Waals surface area contributed by atoms with Gasteiger partial charge in [-0.1, -0.05) is 41.5 Å². The van der Waals surface area contributed by atoms with Crippen molar-refractivity contribution < 1.29 is 0 Å². The van der Waals surface area contributed by atoms with E-state index < -0.39 is 0 Å². The first kappa shape index (κ1) is 15.1. The summed E-state index contributed by atoms with van der Waals surface area (Å²) in [5, 5.41) is 3.44. The molecule has 2 rings (SSSR count). The van der Waals surface area contributed by atoms with E-state index in [9.17, 15) is 0 Å². The Kier molecular flexibility index (Phi) is 5.27. The van der Waals surface area contributed by atoms with Crippen molar-refractivity contribution >= 4 is 11.8 Å². The largest absolute Gasteiger partial charge is 0.312 e. The SMILES string of the molecule is CNC(CSc1ccc(C)cc1)c1ccc(C)cc1C. The van der Waals surface area contributed by atoms with E-state index in [0.29, 0.717) is 6.04 Å². The highest BCUT2D eigenvalue weighted by Crippen LogP contribution is 2.27. The summed E-state index contributed by atoms with van der Waals surface area (Å²) in [5.41, 5.74) is 5.41. The van der Waals surface area contributed by atoms with Crippen LogP contribution in [-0.4, -0.2) is 12.8 Å². The lowest BCUT2D eigenvalue weighted by Gasteiger charge is -2.19. The molecule has 0 saturated heterocycles. The lowest BCUT2D eigenvalue weighted by molar-refractivity contribution is 0.657. The lowest BCUT2D eigenvalue weighted by Crippen LogP contribution is -2.19. The van der Waals surface area contributed by atoms with Crippen LogP contribution in [0, 0.1) is 20.8 Å². The minimum absolute atomic E-state index is 0.391. The molecule has 1 N–H and O–H groups in total. The molecule has 0 bridgehead atoms. The van der Waals surface area contributed by atoms with E-state index in [4.69, 9.17) is 0 Å². The number of aryl methyl sites for hydroxylation is 3. The van der Waals surface area contributed by atoms with Gasteiger partial charge in [0, 0.05) is 16.7 Å². The van der Waals surface area contributed by atoms with Gasteiger partial charge in [-0.15, -0.1) is 11.8 Å². The summed E-state index contributed by atoms with van der Waals surface area (Å²) in [6.45, 7) is 6.47. The molecule has 0 radical (unpaired) electrons. The number of hydrogen-bond donors (Lipinski definition) is 1. The van der Waals surface area contributed by atoms with Gasteiger partial charge in [-0.2, -0.15) is 0 Å². The molecule has 1 nitrogen and oxygen atoms in total. The molecule has 20 heavy (non-hydrogen) atoms. The maximum atomic E-state index is 3.44. The summed E-state index contributed by atoms with van der Waals surface area (Å²) in [6.07, 6.45) is 0. The molecule has 0 amide bonds. The average Bonchev–Trinajstić information content (AvgIpc) is 2.43. The Morgan fingerprint density at radius 2 is 1.60 bits per heavy atom. The predicted molar refractivity (Wildman–Crippen MR) is 89.6 cm³/mol. The Morgan fingerprint density at radius 3 is 2.20 bits per heavy atom. The van der Waals surface area contributed by atoms with Crippen LogP contribution in [0.5, 0.6) is 0 Å². The number of hydrogen-bond acceptors (Lipinski definition) is 2. The highest BCUT2D eigenvalue weighted by molar-refractivity contribution is 7.99. The Bertz CT molecular complexity index is 560. The minimum atomic E-state index is 0.391. The second-order valence-electron chi connectivity index (χ2n) is 5.33. The van der Waals surface area contributed by atoms with Crippen molar-refractivity contribution in [2.24, 2.45) is 0 Å². The highest BCUT2D eigenvalue weighted by atomic mass is 32.2. The van der Waals surface area contributed by atoms with Crippen molar-refractivity contribution in [2.75, 3.05) is 12.8 Å². The molecular weight excluding hydrogens is 262 g/mol. The van der Waals surface area contributed by atoms with Gasteiger partial charge in [-0.25, -0.2) is 0 Å². The zero-order chi connectivity index (χ0) is 14.5. The molecule has 0 aliphatic carbocycles. The van der Waals surface area contributed by atoms with E-state index in [1.807, 2.05) is 18.8 Å². The number of benzene rings is 2. The fourth-order valence-corrected chi connectivity index (χ4v) is 3.39. The molecule has 0 fully saturated rings.